The van der Waals surface area contributed by atoms with Gasteiger partial charge in [-0.2, -0.15) is 0 Å². The molecule has 4 heteroatoms. The topological polar surface area (TPSA) is 32.8 Å². The summed E-state index contributed by atoms with van der Waals surface area (Å²) in [7, 11) is 4.14. The molecule has 0 unspecified atom stereocenters. The SMILES string of the molecule is C=C(CCN(C)C)O[C@@H]1CCCN(CCCCCC(C)=O)C1. The fraction of sp³-hybridized carbons (Fsp3) is 0.833. The molecule has 1 aliphatic rings. The first-order valence-electron chi connectivity index (χ1n) is 8.68. The number of piperidine rings is 1. The molecule has 1 atom stereocenters. The van der Waals surface area contributed by atoms with Gasteiger partial charge in [0.2, 0.25) is 0 Å². The molecule has 1 aliphatic heterocycles. The highest BCUT2D eigenvalue weighted by Gasteiger charge is 2.21. The number of carbonyl (C=O) groups is 1. The smallest absolute Gasteiger partial charge is 0.129 e. The van der Waals surface area contributed by atoms with E-state index in [1.807, 2.05) is 0 Å². The van der Waals surface area contributed by atoms with Gasteiger partial charge in [-0.3, -0.25) is 4.90 Å². The van der Waals surface area contributed by atoms with E-state index < -0.39 is 0 Å². The average Bonchev–Trinajstić information content (AvgIpc) is 2.45. The predicted molar refractivity (Wildman–Crippen MR) is 92.0 cm³/mol. The maximum Gasteiger partial charge on any atom is 0.129 e. The fourth-order valence-corrected chi connectivity index (χ4v) is 2.84. The Kier molecular flexibility index (Phi) is 9.41. The van der Waals surface area contributed by atoms with E-state index >= 15 is 0 Å². The number of likely N-dealkylation sites (tertiary alicyclic amines) is 1. The highest BCUT2D eigenvalue weighted by molar-refractivity contribution is 5.75. The van der Waals surface area contributed by atoms with Crippen LogP contribution < -0.4 is 0 Å². The number of nitrogens with zero attached hydrogens (tertiary/aromatic N) is 2. The van der Waals surface area contributed by atoms with Crippen LogP contribution in [0.1, 0.15) is 51.9 Å². The number of carbonyl (C=O) groups excluding carboxylic acids is 1. The number of Topliss-reactive ketones (excluding diaryl/α,β-unsaturated/α-hetero) is 1. The molecule has 1 fully saturated rings. The summed E-state index contributed by atoms with van der Waals surface area (Å²) in [5.74, 6) is 1.23. The van der Waals surface area contributed by atoms with E-state index in [-0.39, 0.29) is 0 Å². The molecule has 0 bridgehead atoms. The van der Waals surface area contributed by atoms with Crippen LogP contribution in [0.15, 0.2) is 12.3 Å². The second-order valence-electron chi connectivity index (χ2n) is 6.79. The van der Waals surface area contributed by atoms with E-state index in [0.29, 0.717) is 11.9 Å². The van der Waals surface area contributed by atoms with Crippen LogP contribution in [0.25, 0.3) is 0 Å². The molecule has 0 aromatic rings. The zero-order chi connectivity index (χ0) is 16.4. The Morgan fingerprint density at radius 3 is 2.73 bits per heavy atom. The molecule has 1 heterocycles. The van der Waals surface area contributed by atoms with Gasteiger partial charge in [0.1, 0.15) is 11.9 Å². The summed E-state index contributed by atoms with van der Waals surface area (Å²) in [6.45, 7) is 10.0. The molecule has 22 heavy (non-hydrogen) atoms. The van der Waals surface area contributed by atoms with Crippen LogP contribution in [-0.4, -0.2) is 62.0 Å². The lowest BCUT2D eigenvalue weighted by Crippen LogP contribution is -2.40. The van der Waals surface area contributed by atoms with Gasteiger partial charge < -0.3 is 14.4 Å². The van der Waals surface area contributed by atoms with Crippen LogP contribution >= 0.6 is 0 Å². The van der Waals surface area contributed by atoms with Crippen LogP contribution in [-0.2, 0) is 9.53 Å². The van der Waals surface area contributed by atoms with Crippen molar-refractivity contribution in [3.8, 4) is 0 Å². The predicted octanol–water partition coefficient (Wildman–Crippen LogP) is 3.08. The Labute approximate surface area is 136 Å². The lowest BCUT2D eigenvalue weighted by molar-refractivity contribution is -0.117. The summed E-state index contributed by atoms with van der Waals surface area (Å²) in [4.78, 5) is 15.6. The van der Waals surface area contributed by atoms with Crippen LogP contribution in [0.5, 0.6) is 0 Å². The van der Waals surface area contributed by atoms with Crippen molar-refractivity contribution in [2.75, 3.05) is 40.3 Å². The Morgan fingerprint density at radius 1 is 1.27 bits per heavy atom. The largest absolute Gasteiger partial charge is 0.494 e. The van der Waals surface area contributed by atoms with Gasteiger partial charge in [-0.1, -0.05) is 13.0 Å². The Balaban J connectivity index is 2.15. The highest BCUT2D eigenvalue weighted by Crippen LogP contribution is 2.17. The van der Waals surface area contributed by atoms with Gasteiger partial charge in [0.25, 0.3) is 0 Å². The monoisotopic (exact) mass is 310 g/mol. The van der Waals surface area contributed by atoms with Gasteiger partial charge in [-0.25, -0.2) is 0 Å². The second kappa shape index (κ2) is 10.8. The maximum atomic E-state index is 10.9. The van der Waals surface area contributed by atoms with Gasteiger partial charge in [0.15, 0.2) is 0 Å². The van der Waals surface area contributed by atoms with E-state index in [0.717, 1.165) is 57.5 Å². The normalized spacial score (nSPS) is 19.4. The van der Waals surface area contributed by atoms with Gasteiger partial charge in [-0.15, -0.1) is 0 Å². The third-order valence-electron chi connectivity index (χ3n) is 4.14. The molecule has 0 spiro atoms. The molecular weight excluding hydrogens is 276 g/mol. The van der Waals surface area contributed by atoms with Crippen molar-refractivity contribution in [1.82, 2.24) is 9.80 Å². The number of hydrogen-bond donors (Lipinski definition) is 0. The van der Waals surface area contributed by atoms with Crippen molar-refractivity contribution in [2.24, 2.45) is 0 Å². The summed E-state index contributed by atoms with van der Waals surface area (Å²) < 4.78 is 6.02. The first-order valence-corrected chi connectivity index (χ1v) is 8.68. The third kappa shape index (κ3) is 9.21. The van der Waals surface area contributed by atoms with Gasteiger partial charge in [-0.05, 0) is 59.8 Å². The first kappa shape index (κ1) is 19.2. The van der Waals surface area contributed by atoms with Gasteiger partial charge in [0.05, 0.1) is 5.76 Å². The van der Waals surface area contributed by atoms with Crippen molar-refractivity contribution in [3.05, 3.63) is 12.3 Å². The van der Waals surface area contributed by atoms with Crippen molar-refractivity contribution >= 4 is 5.78 Å². The molecular formula is C18H34N2O2. The molecule has 0 saturated carbocycles. The highest BCUT2D eigenvalue weighted by atomic mass is 16.5. The lowest BCUT2D eigenvalue weighted by Gasteiger charge is -2.33. The molecule has 0 radical (unpaired) electrons. The number of unbranched alkanes of at least 4 members (excludes halogenated alkanes) is 2. The van der Waals surface area contributed by atoms with Crippen LogP contribution in [0.3, 0.4) is 0 Å². The number of rotatable bonds is 11. The van der Waals surface area contributed by atoms with Crippen molar-refractivity contribution in [2.45, 2.75) is 58.0 Å². The molecule has 0 N–H and O–H groups in total. The molecule has 0 aromatic heterocycles. The fourth-order valence-electron chi connectivity index (χ4n) is 2.84. The number of ether oxygens (including phenoxy) is 1. The number of ketones is 1. The van der Waals surface area contributed by atoms with Crippen LogP contribution in [0.4, 0.5) is 0 Å². The molecule has 0 aliphatic carbocycles. The van der Waals surface area contributed by atoms with Gasteiger partial charge >= 0.3 is 0 Å². The number of hydrogen-bond acceptors (Lipinski definition) is 4. The van der Waals surface area contributed by atoms with E-state index in [4.69, 9.17) is 4.74 Å². The minimum atomic E-state index is 0.306. The minimum Gasteiger partial charge on any atom is -0.494 e. The first-order chi connectivity index (χ1) is 10.5. The van der Waals surface area contributed by atoms with E-state index in [1.165, 1.54) is 19.4 Å². The summed E-state index contributed by atoms with van der Waals surface area (Å²) in [5.41, 5.74) is 0. The molecule has 128 valence electrons. The summed E-state index contributed by atoms with van der Waals surface area (Å²) in [5, 5.41) is 0. The van der Waals surface area contributed by atoms with Crippen molar-refractivity contribution < 1.29 is 9.53 Å². The van der Waals surface area contributed by atoms with Crippen LogP contribution in [0.2, 0.25) is 0 Å². The maximum absolute atomic E-state index is 10.9. The van der Waals surface area contributed by atoms with E-state index in [2.05, 4.69) is 30.5 Å². The van der Waals surface area contributed by atoms with Crippen molar-refractivity contribution in [3.63, 3.8) is 0 Å². The summed E-state index contributed by atoms with van der Waals surface area (Å²) >= 11 is 0. The Hall–Kier alpha value is -0.870. The zero-order valence-electron chi connectivity index (χ0n) is 14.8. The van der Waals surface area contributed by atoms with E-state index in [9.17, 15) is 4.79 Å². The molecule has 0 aromatic carbocycles. The zero-order valence-corrected chi connectivity index (χ0v) is 14.8. The second-order valence-corrected chi connectivity index (χ2v) is 6.79. The molecule has 1 rings (SSSR count). The minimum absolute atomic E-state index is 0.306. The average molecular weight is 310 g/mol. The molecule has 1 saturated heterocycles. The lowest BCUT2D eigenvalue weighted by atomic mass is 10.1. The van der Waals surface area contributed by atoms with Gasteiger partial charge in [0, 0.05) is 25.9 Å². The third-order valence-corrected chi connectivity index (χ3v) is 4.14. The summed E-state index contributed by atoms with van der Waals surface area (Å²) in [6, 6.07) is 0. The summed E-state index contributed by atoms with van der Waals surface area (Å²) in [6.07, 6.45) is 7.66. The Bertz CT molecular complexity index is 342. The van der Waals surface area contributed by atoms with Crippen LogP contribution in [0, 0.1) is 0 Å². The van der Waals surface area contributed by atoms with E-state index in [1.54, 1.807) is 6.92 Å². The van der Waals surface area contributed by atoms with Crippen molar-refractivity contribution in [1.29, 1.82) is 0 Å². The Morgan fingerprint density at radius 2 is 2.05 bits per heavy atom. The molecule has 0 amide bonds. The standard InChI is InChI=1S/C18H34N2O2/c1-16(21)9-6-5-7-12-20-13-8-10-18(15-20)22-17(2)11-14-19(3)4/h18H,2,5-15H2,1,3-4H3/t18-/m1/s1. The molecule has 4 nitrogen and oxygen atoms in total. The quantitative estimate of drug-likeness (QED) is 0.434.